The van der Waals surface area contributed by atoms with E-state index in [1.807, 2.05) is 43.3 Å². The zero-order valence-electron chi connectivity index (χ0n) is 11.8. The van der Waals surface area contributed by atoms with Gasteiger partial charge >= 0.3 is 0 Å². The van der Waals surface area contributed by atoms with Crippen LogP contribution >= 0.6 is 15.9 Å². The number of hydrogen-bond donors (Lipinski definition) is 1. The lowest BCUT2D eigenvalue weighted by molar-refractivity contribution is 0.397. The lowest BCUT2D eigenvalue weighted by Crippen LogP contribution is -2.13. The van der Waals surface area contributed by atoms with E-state index >= 15 is 0 Å². The Balaban J connectivity index is 2.45. The zero-order chi connectivity index (χ0) is 14.7. The van der Waals surface area contributed by atoms with Crippen LogP contribution in [0.2, 0.25) is 0 Å². The Morgan fingerprint density at radius 3 is 2.40 bits per heavy atom. The van der Waals surface area contributed by atoms with E-state index in [2.05, 4.69) is 15.9 Å². The fraction of sp³-hybridized carbons (Fsp3) is 0.250. The minimum atomic E-state index is -0.267. The predicted octanol–water partition coefficient (Wildman–Crippen LogP) is 3.82. The van der Waals surface area contributed by atoms with Crippen LogP contribution in [0.15, 0.2) is 40.9 Å². The minimum absolute atomic E-state index is 0.267. The molecule has 1 unspecified atom stereocenters. The van der Waals surface area contributed by atoms with Gasteiger partial charge in [-0.2, -0.15) is 0 Å². The normalized spacial score (nSPS) is 12.1. The van der Waals surface area contributed by atoms with Gasteiger partial charge in [0.25, 0.3) is 0 Å². The maximum Gasteiger partial charge on any atom is 0.124 e. The third kappa shape index (κ3) is 2.97. The molecular formula is C16H18BrNO2. The molecule has 0 saturated carbocycles. The summed E-state index contributed by atoms with van der Waals surface area (Å²) in [6.45, 7) is 2.05. The molecule has 0 fully saturated rings. The molecule has 0 radical (unpaired) electrons. The van der Waals surface area contributed by atoms with E-state index in [1.165, 1.54) is 5.56 Å². The molecule has 0 aliphatic heterocycles. The molecule has 20 heavy (non-hydrogen) atoms. The Hall–Kier alpha value is -1.52. The summed E-state index contributed by atoms with van der Waals surface area (Å²) in [4.78, 5) is 0. The molecule has 0 amide bonds. The summed E-state index contributed by atoms with van der Waals surface area (Å²) >= 11 is 3.54. The summed E-state index contributed by atoms with van der Waals surface area (Å²) in [6.07, 6.45) is 0. The first kappa shape index (κ1) is 14.9. The van der Waals surface area contributed by atoms with Gasteiger partial charge in [0.05, 0.1) is 20.3 Å². The molecule has 0 aliphatic carbocycles. The average molecular weight is 336 g/mol. The topological polar surface area (TPSA) is 44.5 Å². The van der Waals surface area contributed by atoms with Crippen LogP contribution in [0.1, 0.15) is 22.7 Å². The number of nitrogens with two attached hydrogens (primary N) is 1. The van der Waals surface area contributed by atoms with Crippen molar-refractivity contribution in [1.29, 1.82) is 0 Å². The van der Waals surface area contributed by atoms with Gasteiger partial charge in [-0.25, -0.2) is 0 Å². The van der Waals surface area contributed by atoms with Crippen LogP contribution in [0, 0.1) is 6.92 Å². The summed E-state index contributed by atoms with van der Waals surface area (Å²) in [6, 6.07) is 11.5. The van der Waals surface area contributed by atoms with Crippen LogP contribution in [0.4, 0.5) is 0 Å². The molecule has 0 aliphatic rings. The summed E-state index contributed by atoms with van der Waals surface area (Å²) in [7, 11) is 3.28. The van der Waals surface area contributed by atoms with E-state index in [9.17, 15) is 0 Å². The first-order valence-corrected chi connectivity index (χ1v) is 7.09. The van der Waals surface area contributed by atoms with E-state index in [1.54, 1.807) is 14.2 Å². The second kappa shape index (κ2) is 6.29. The summed E-state index contributed by atoms with van der Waals surface area (Å²) in [5.74, 6) is 1.53. The molecule has 106 valence electrons. The molecular weight excluding hydrogens is 318 g/mol. The van der Waals surface area contributed by atoms with E-state index < -0.39 is 0 Å². The van der Waals surface area contributed by atoms with Gasteiger partial charge in [0.2, 0.25) is 0 Å². The SMILES string of the molecule is COc1ccc(OC)c(C(N)c2ccc(C)c(Br)c2)c1. The maximum atomic E-state index is 6.38. The Morgan fingerprint density at radius 1 is 1.05 bits per heavy atom. The monoisotopic (exact) mass is 335 g/mol. The lowest BCUT2D eigenvalue weighted by Gasteiger charge is -2.18. The number of rotatable bonds is 4. The molecule has 0 saturated heterocycles. The molecule has 2 aromatic carbocycles. The van der Waals surface area contributed by atoms with Crippen molar-refractivity contribution in [3.63, 3.8) is 0 Å². The second-order valence-electron chi connectivity index (χ2n) is 4.59. The lowest BCUT2D eigenvalue weighted by atomic mass is 9.97. The molecule has 2 N–H and O–H groups in total. The Morgan fingerprint density at radius 2 is 1.80 bits per heavy atom. The van der Waals surface area contributed by atoms with Crippen molar-refractivity contribution in [3.05, 3.63) is 57.6 Å². The van der Waals surface area contributed by atoms with E-state index in [0.29, 0.717) is 0 Å². The summed E-state index contributed by atoms with van der Waals surface area (Å²) in [5.41, 5.74) is 9.49. The van der Waals surface area contributed by atoms with Gasteiger partial charge < -0.3 is 15.2 Å². The maximum absolute atomic E-state index is 6.38. The molecule has 2 rings (SSSR count). The third-order valence-electron chi connectivity index (χ3n) is 3.33. The van der Waals surface area contributed by atoms with Crippen LogP contribution < -0.4 is 15.2 Å². The summed E-state index contributed by atoms with van der Waals surface area (Å²) < 4.78 is 11.7. The predicted molar refractivity (Wildman–Crippen MR) is 84.5 cm³/mol. The fourth-order valence-corrected chi connectivity index (χ4v) is 2.46. The molecule has 2 aromatic rings. The van der Waals surface area contributed by atoms with E-state index in [4.69, 9.17) is 15.2 Å². The van der Waals surface area contributed by atoms with Crippen molar-refractivity contribution in [2.24, 2.45) is 5.73 Å². The van der Waals surface area contributed by atoms with Crippen LogP contribution in [-0.2, 0) is 0 Å². The highest BCUT2D eigenvalue weighted by Crippen LogP contribution is 2.33. The summed E-state index contributed by atoms with van der Waals surface area (Å²) in [5, 5.41) is 0. The van der Waals surface area contributed by atoms with Crippen molar-refractivity contribution >= 4 is 15.9 Å². The molecule has 3 nitrogen and oxygen atoms in total. The van der Waals surface area contributed by atoms with E-state index in [0.717, 1.165) is 27.1 Å². The Kier molecular flexibility index (Phi) is 4.68. The first-order chi connectivity index (χ1) is 9.56. The van der Waals surface area contributed by atoms with Gasteiger partial charge in [0, 0.05) is 10.0 Å². The molecule has 1 atom stereocenters. The van der Waals surface area contributed by atoms with Crippen LogP contribution in [0.3, 0.4) is 0 Å². The number of hydrogen-bond acceptors (Lipinski definition) is 3. The van der Waals surface area contributed by atoms with Crippen molar-refractivity contribution in [2.45, 2.75) is 13.0 Å². The molecule has 0 aromatic heterocycles. The first-order valence-electron chi connectivity index (χ1n) is 6.30. The van der Waals surface area contributed by atoms with Crippen molar-refractivity contribution < 1.29 is 9.47 Å². The van der Waals surface area contributed by atoms with Gasteiger partial charge in [0.1, 0.15) is 11.5 Å². The largest absolute Gasteiger partial charge is 0.497 e. The van der Waals surface area contributed by atoms with Gasteiger partial charge in [-0.05, 0) is 42.3 Å². The smallest absolute Gasteiger partial charge is 0.124 e. The number of methoxy groups -OCH3 is 2. The highest BCUT2D eigenvalue weighted by Gasteiger charge is 2.16. The van der Waals surface area contributed by atoms with Crippen LogP contribution in [-0.4, -0.2) is 14.2 Å². The van der Waals surface area contributed by atoms with Crippen LogP contribution in [0.25, 0.3) is 0 Å². The highest BCUT2D eigenvalue weighted by molar-refractivity contribution is 9.10. The third-order valence-corrected chi connectivity index (χ3v) is 4.18. The molecule has 4 heteroatoms. The van der Waals surface area contributed by atoms with Crippen molar-refractivity contribution in [1.82, 2.24) is 0 Å². The van der Waals surface area contributed by atoms with Crippen molar-refractivity contribution in [3.8, 4) is 11.5 Å². The average Bonchev–Trinajstić information content (AvgIpc) is 2.48. The number of halogens is 1. The van der Waals surface area contributed by atoms with Gasteiger partial charge in [-0.1, -0.05) is 28.1 Å². The fourth-order valence-electron chi connectivity index (χ4n) is 2.06. The zero-order valence-corrected chi connectivity index (χ0v) is 13.4. The van der Waals surface area contributed by atoms with Gasteiger partial charge in [0.15, 0.2) is 0 Å². The molecule has 0 heterocycles. The van der Waals surface area contributed by atoms with Crippen LogP contribution in [0.5, 0.6) is 11.5 Å². The number of benzene rings is 2. The Labute approximate surface area is 127 Å². The molecule has 0 bridgehead atoms. The quantitative estimate of drug-likeness (QED) is 0.923. The highest BCUT2D eigenvalue weighted by atomic mass is 79.9. The standard InChI is InChI=1S/C16H18BrNO2/c1-10-4-5-11(8-14(10)17)16(18)13-9-12(19-2)6-7-15(13)20-3/h4-9,16H,18H2,1-3H3. The van der Waals surface area contributed by atoms with Gasteiger partial charge in [-0.15, -0.1) is 0 Å². The van der Waals surface area contributed by atoms with E-state index in [-0.39, 0.29) is 6.04 Å². The Bertz CT molecular complexity index is 613. The van der Waals surface area contributed by atoms with Gasteiger partial charge in [-0.3, -0.25) is 0 Å². The number of ether oxygens (including phenoxy) is 2. The van der Waals surface area contributed by atoms with Crippen molar-refractivity contribution in [2.75, 3.05) is 14.2 Å². The number of aryl methyl sites for hydroxylation is 1. The molecule has 0 spiro atoms. The minimum Gasteiger partial charge on any atom is -0.497 e. The second-order valence-corrected chi connectivity index (χ2v) is 5.45.